The molecule has 0 aliphatic heterocycles. The monoisotopic (exact) mass is 773 g/mol. The van der Waals surface area contributed by atoms with Crippen LogP contribution in [0.4, 0.5) is 28.4 Å². The minimum absolute atomic E-state index is 0. The molecule has 0 spiro atoms. The molecular weight excluding hydrogens is 756 g/mol. The molecule has 0 aliphatic carbocycles. The van der Waals surface area contributed by atoms with Crippen LogP contribution in [0.15, 0.2) is 126 Å². The maximum Gasteiger partial charge on any atom is 1.00 e. The van der Waals surface area contributed by atoms with Crippen LogP contribution in [-0.2, 0) is 30.4 Å². The molecule has 0 aliphatic rings. The Morgan fingerprint density at radius 2 is 1.12 bits per heavy atom. The second-order valence-corrected chi connectivity index (χ2v) is 14.3. The van der Waals surface area contributed by atoms with E-state index in [2.05, 4.69) is 20.5 Å². The molecule has 6 aromatic rings. The summed E-state index contributed by atoms with van der Waals surface area (Å²) in [6.07, 6.45) is 0. The largest absolute Gasteiger partial charge is 1.00 e. The van der Waals surface area contributed by atoms with Gasteiger partial charge in [0.05, 0.1) is 31.7 Å². The molecule has 0 amide bonds. The molecule has 0 radical (unpaired) electrons. The van der Waals surface area contributed by atoms with Crippen LogP contribution in [0.1, 0.15) is 0 Å². The zero-order chi connectivity index (χ0) is 34.6. The van der Waals surface area contributed by atoms with E-state index in [9.17, 15) is 44.0 Å². The normalized spacial score (nSPS) is 12.2. The van der Waals surface area contributed by atoms with Crippen LogP contribution in [0.25, 0.3) is 32.3 Å². The fraction of sp³-hybridized carbons (Fsp3) is 0. The van der Waals surface area contributed by atoms with E-state index in [1.54, 1.807) is 36.4 Å². The van der Waals surface area contributed by atoms with Crippen molar-refractivity contribution >= 4 is 91.1 Å². The molecule has 51 heavy (non-hydrogen) atoms. The van der Waals surface area contributed by atoms with Crippen molar-refractivity contribution in [2.24, 2.45) is 20.5 Å². The van der Waals surface area contributed by atoms with Gasteiger partial charge in [-0.15, -0.1) is 15.3 Å². The summed E-state index contributed by atoms with van der Waals surface area (Å²) in [6.45, 7) is 0. The van der Waals surface area contributed by atoms with Crippen LogP contribution in [0.5, 0.6) is 5.75 Å². The van der Waals surface area contributed by atoms with Gasteiger partial charge in [-0.05, 0) is 41.1 Å². The van der Waals surface area contributed by atoms with E-state index in [0.717, 1.165) is 29.7 Å². The van der Waals surface area contributed by atoms with Crippen LogP contribution < -0.4 is 99.5 Å². The topological polar surface area (TPSA) is 267 Å². The van der Waals surface area contributed by atoms with Crippen molar-refractivity contribution < 1.29 is 133 Å². The van der Waals surface area contributed by atoms with E-state index < -0.39 is 56.5 Å². The summed E-state index contributed by atoms with van der Waals surface area (Å²) in [5.74, 6) is -1.34. The first-order chi connectivity index (χ1) is 22.5. The maximum atomic E-state index is 13.2. The summed E-state index contributed by atoms with van der Waals surface area (Å²) in [5, 5.41) is 30.5. The van der Waals surface area contributed by atoms with E-state index in [1.165, 1.54) is 18.2 Å². The molecule has 15 nitrogen and oxygen atoms in total. The van der Waals surface area contributed by atoms with Crippen molar-refractivity contribution in [1.82, 2.24) is 0 Å². The van der Waals surface area contributed by atoms with Crippen molar-refractivity contribution in [2.75, 3.05) is 5.73 Å². The number of hydrogen-bond donors (Lipinski definition) is 2. The molecule has 0 saturated carbocycles. The first-order valence-electron chi connectivity index (χ1n) is 13.4. The zero-order valence-electron chi connectivity index (χ0n) is 26.9. The summed E-state index contributed by atoms with van der Waals surface area (Å²) >= 11 is 0. The first-order valence-corrected chi connectivity index (χ1v) is 17.6. The van der Waals surface area contributed by atoms with E-state index in [1.807, 2.05) is 6.07 Å². The Morgan fingerprint density at radius 1 is 0.549 bits per heavy atom. The van der Waals surface area contributed by atoms with E-state index in [0.29, 0.717) is 11.5 Å². The first kappa shape index (κ1) is 43.0. The minimum Gasteiger partial charge on any atom is -0.870 e. The summed E-state index contributed by atoms with van der Waals surface area (Å²) in [5.41, 5.74) is 5.26. The molecule has 21 heteroatoms. The molecule has 0 aromatic heterocycles. The minimum atomic E-state index is -5.27. The third-order valence-corrected chi connectivity index (χ3v) is 9.78. The quantitative estimate of drug-likeness (QED) is 0.0702. The molecule has 6 aromatic carbocycles. The fourth-order valence-corrected chi connectivity index (χ4v) is 6.80. The molecule has 0 atom stereocenters. The van der Waals surface area contributed by atoms with Gasteiger partial charge < -0.3 is 19.9 Å². The number of rotatable bonds is 7. The van der Waals surface area contributed by atoms with Crippen LogP contribution in [0.3, 0.4) is 0 Å². The van der Waals surface area contributed by atoms with Gasteiger partial charge >= 0.3 is 88.7 Å². The van der Waals surface area contributed by atoms with Crippen molar-refractivity contribution in [3.05, 3.63) is 91.0 Å². The number of nitrogen functional groups attached to an aromatic ring is 1. The third kappa shape index (κ3) is 8.89. The Kier molecular flexibility index (Phi) is 13.8. The summed E-state index contributed by atoms with van der Waals surface area (Å²) in [4.78, 5) is -2.81. The molecule has 3 N–H and O–H groups in total. The van der Waals surface area contributed by atoms with Crippen molar-refractivity contribution in [3.8, 4) is 5.75 Å². The Labute approximate surface area is 357 Å². The molecule has 6 rings (SSSR count). The number of nitrogens with zero attached hydrogens (tertiary/aromatic N) is 4. The van der Waals surface area contributed by atoms with E-state index in [-0.39, 0.29) is 133 Å². The number of benzene rings is 6. The van der Waals surface area contributed by atoms with Gasteiger partial charge in [0.25, 0.3) is 10.1 Å². The molecule has 0 unspecified atom stereocenters. The average Bonchev–Trinajstić information content (AvgIpc) is 3.02. The van der Waals surface area contributed by atoms with Crippen LogP contribution >= 0.6 is 0 Å². The van der Waals surface area contributed by atoms with Crippen LogP contribution in [0, 0.1) is 0 Å². The summed E-state index contributed by atoms with van der Waals surface area (Å²) in [7, 11) is -15.5. The molecule has 0 saturated heterocycles. The molecule has 0 fully saturated rings. The maximum absolute atomic E-state index is 13.2. The number of nitrogens with two attached hydrogens (primary N) is 1. The predicted octanol–water partition coefficient (Wildman–Crippen LogP) is -3.30. The van der Waals surface area contributed by atoms with Crippen molar-refractivity contribution in [3.63, 3.8) is 0 Å². The Hall–Kier alpha value is -2.37. The summed E-state index contributed by atoms with van der Waals surface area (Å²) < 4.78 is 106. The van der Waals surface area contributed by atoms with Crippen molar-refractivity contribution in [1.29, 1.82) is 0 Å². The molecular formula is C30H18N5Na3O10S3. The number of anilines is 1. The van der Waals surface area contributed by atoms with Gasteiger partial charge in [-0.1, -0.05) is 66.4 Å². The predicted molar refractivity (Wildman–Crippen MR) is 170 cm³/mol. The van der Waals surface area contributed by atoms with Gasteiger partial charge in [0.15, 0.2) is 0 Å². The van der Waals surface area contributed by atoms with Gasteiger partial charge in [0, 0.05) is 21.5 Å². The third-order valence-electron chi connectivity index (χ3n) is 7.24. The standard InChI is InChI=1S/C30H21N5O10S3.3Na/c31-23-12-9-16-5-1-2-6-19(16)27(23)33-34-28-22-8-4-3-7-21(22)24(15-25(28)47(40,41)42)32-35-29-20-11-10-18(46(37,38)39)13-17(20)14-26(30(29)36)48(43,44)45;;;/h1-15,36H,31H2,(H,37,38,39)(H,40,41,42)(H,43,44,45);;;/q;3*+1/p-3. The van der Waals surface area contributed by atoms with Gasteiger partial charge in [-0.3, -0.25) is 4.55 Å². The van der Waals surface area contributed by atoms with Gasteiger partial charge in [0.2, 0.25) is 0 Å². The van der Waals surface area contributed by atoms with E-state index in [4.69, 9.17) is 5.73 Å². The molecule has 0 heterocycles. The smallest absolute Gasteiger partial charge is 0.870 e. The number of fused-ring (bicyclic) bond motifs is 3. The molecule has 244 valence electrons. The summed E-state index contributed by atoms with van der Waals surface area (Å²) in [6, 6.07) is 20.6. The van der Waals surface area contributed by atoms with Gasteiger partial charge in [-0.2, -0.15) is 13.5 Å². The van der Waals surface area contributed by atoms with Gasteiger partial charge in [0.1, 0.15) is 31.6 Å². The Morgan fingerprint density at radius 3 is 1.75 bits per heavy atom. The number of hydrogen-bond acceptors (Lipinski definition) is 14. The Balaban J connectivity index is 0.00000234. The Bertz CT molecular complexity index is 2750. The second kappa shape index (κ2) is 16.3. The van der Waals surface area contributed by atoms with Gasteiger partial charge in [-0.25, -0.2) is 16.8 Å². The van der Waals surface area contributed by atoms with E-state index >= 15 is 0 Å². The fourth-order valence-electron chi connectivity index (χ4n) is 5.05. The average molecular weight is 774 g/mol. The van der Waals surface area contributed by atoms with Crippen LogP contribution in [-0.4, -0.2) is 38.9 Å². The molecule has 0 bridgehead atoms. The number of azo groups is 2. The second-order valence-electron chi connectivity index (χ2n) is 10.2. The SMILES string of the molecule is Nc1ccc2ccccc2c1N=Nc1c(S(=O)(=O)[O-])cc(N=Nc2c([O-])c(S(=O)(=O)O)cc3cc(S(=O)(=O)[O-])ccc23)c2ccccc12.[Na+].[Na+].[Na+]. The van der Waals surface area contributed by atoms with Crippen molar-refractivity contribution in [2.45, 2.75) is 14.7 Å². The zero-order valence-corrected chi connectivity index (χ0v) is 35.3. The van der Waals surface area contributed by atoms with Crippen LogP contribution in [0.2, 0.25) is 0 Å².